The molecule has 0 bridgehead atoms. The Morgan fingerprint density at radius 3 is 1.07 bits per heavy atom. The van der Waals surface area contributed by atoms with Crippen LogP contribution in [0.1, 0.15) is 431 Å². The summed E-state index contributed by atoms with van der Waals surface area (Å²) < 4.78 is 26.2. The summed E-state index contributed by atoms with van der Waals surface area (Å²) in [6.07, 6.45) is 24.1. The van der Waals surface area contributed by atoms with Crippen LogP contribution in [0, 0.1) is 0 Å². The van der Waals surface area contributed by atoms with Crippen molar-refractivity contribution in [1.82, 2.24) is 89.5 Å². The van der Waals surface area contributed by atoms with Gasteiger partial charge in [-0.2, -0.15) is 29.9 Å². The van der Waals surface area contributed by atoms with Crippen molar-refractivity contribution in [3.05, 3.63) is 196 Å². The third-order valence-electron chi connectivity index (χ3n) is 12.0. The van der Waals surface area contributed by atoms with Gasteiger partial charge >= 0.3 is 0 Å². The van der Waals surface area contributed by atoms with E-state index in [4.69, 9.17) is 4.52 Å². The minimum atomic E-state index is 0.374. The molecule has 11 rings (SSSR count). The molecule has 0 aliphatic rings. The molecule has 0 spiro atoms. The van der Waals surface area contributed by atoms with Gasteiger partial charge in [0.25, 0.3) is 0 Å². The number of hydrogen-bond donors (Lipinski definition) is 3. The van der Waals surface area contributed by atoms with Crippen molar-refractivity contribution in [2.45, 2.75) is 370 Å². The maximum atomic E-state index is 4.84. The summed E-state index contributed by atoms with van der Waals surface area (Å²) in [4.78, 5) is 9.38. The topological polar surface area (TPSA) is 280 Å². The number of nitrogens with one attached hydrogen (secondary N) is 3. The van der Waals surface area contributed by atoms with Crippen molar-refractivity contribution < 1.29 is 13.6 Å². The SMILES string of the molecule is CC.CC.CC.CC.CC.CC.CC.CC.CC.CC.CC.CC(C)c1ccn[nH]1.CC(C)c1ccn[nH]1.CC(C)c1ccno1.CC(C)c1ccns1.CC(C)c1ccon1.CC(C)c1ccsn1.CC(C)c1cn[nH]c1.CC(C)c1cnncn1.CC(C)c1cnoc1.CC(C)c1cnsc1.CC(C)c1nccnn1. The number of aromatic amines is 3. The first-order valence-corrected chi connectivity index (χ1v) is 43.9. The van der Waals surface area contributed by atoms with Gasteiger partial charge in [-0.15, -0.1) is 10.2 Å². The van der Waals surface area contributed by atoms with Gasteiger partial charge in [-0.1, -0.05) is 320 Å². The molecule has 0 aliphatic carbocycles. The summed E-state index contributed by atoms with van der Waals surface area (Å²) in [6, 6.07) is 11.9. The van der Waals surface area contributed by atoms with E-state index < -0.39 is 0 Å². The molecule has 24 heteroatoms. The van der Waals surface area contributed by atoms with E-state index in [1.807, 2.05) is 221 Å². The van der Waals surface area contributed by atoms with Gasteiger partial charge in [-0.25, -0.2) is 18.7 Å². The molecule has 0 saturated carbocycles. The van der Waals surface area contributed by atoms with Gasteiger partial charge in [-0.3, -0.25) is 15.3 Å². The first-order chi connectivity index (χ1) is 53.8. The van der Waals surface area contributed by atoms with Crippen LogP contribution in [0.25, 0.3) is 0 Å². The standard InChI is InChI=1S/2C6H9N3.3C6H10N2.3C6H9NO.3C6H9NS.11C2H6/c1-5(2)6-3-8-9-4-7-6;1-5(2)6-7-3-4-8-9-6;1-5(2)6-3-7-8-4-6;2*1-5(2)6-3-4-7-8-6;1-5(2)6-3-7-8-4-6;1-5(2)6-3-4-8-7-6;1-5(2)6-3-4-7-8-6;1-5(2)6-3-7-8-4-6;1-5(2)6-3-4-8-7-6;1-5(2)6-3-4-7-8-6;11*1-2/h2*3-5H,1-2H3;3*3-5H,1-2H3,(H,7,8);6*3-5H,1-2H3;11*1-2H3. The Bertz CT molecular complexity index is 2550. The second kappa shape index (κ2) is 99.2. The van der Waals surface area contributed by atoms with Crippen molar-refractivity contribution in [1.29, 1.82) is 0 Å². The van der Waals surface area contributed by atoms with E-state index in [9.17, 15) is 0 Å². The highest BCUT2D eigenvalue weighted by Crippen LogP contribution is 2.18. The molecule has 0 saturated heterocycles. The summed E-state index contributed by atoms with van der Waals surface area (Å²) >= 11 is 4.62. The molecule has 0 fully saturated rings. The predicted molar refractivity (Wildman–Crippen MR) is 491 cm³/mol. The van der Waals surface area contributed by atoms with Crippen molar-refractivity contribution in [2.75, 3.05) is 0 Å². The van der Waals surface area contributed by atoms with Crippen LogP contribution in [-0.2, 0) is 0 Å². The summed E-state index contributed by atoms with van der Waals surface area (Å²) in [5.41, 5.74) is 9.38. The van der Waals surface area contributed by atoms with Crippen LogP contribution in [0.5, 0.6) is 0 Å². The Morgan fingerprint density at radius 1 is 0.357 bits per heavy atom. The van der Waals surface area contributed by atoms with E-state index in [0.29, 0.717) is 65.1 Å². The van der Waals surface area contributed by atoms with E-state index >= 15 is 0 Å². The molecule has 11 aromatic rings. The van der Waals surface area contributed by atoms with Gasteiger partial charge in [0.1, 0.15) is 24.6 Å². The van der Waals surface area contributed by atoms with Crippen LogP contribution in [0.3, 0.4) is 0 Å². The van der Waals surface area contributed by atoms with Gasteiger partial charge in [0.05, 0.1) is 48.1 Å². The van der Waals surface area contributed by atoms with E-state index in [1.165, 1.54) is 62.5 Å². The average Bonchev–Trinajstić information content (AvgIpc) is 1.23. The molecule has 0 aromatic carbocycles. The van der Waals surface area contributed by atoms with Gasteiger partial charge in [0.15, 0.2) is 5.82 Å². The van der Waals surface area contributed by atoms with Crippen molar-refractivity contribution in [3.63, 3.8) is 0 Å². The lowest BCUT2D eigenvalue weighted by atomic mass is 10.1. The summed E-state index contributed by atoms with van der Waals surface area (Å²) in [5.74, 6) is 7.62. The number of H-pyrrole nitrogens is 3. The molecule has 0 unspecified atom stereocenters. The predicted octanol–water partition coefficient (Wildman–Crippen LogP) is 30.1. The first kappa shape index (κ1) is 128. The Balaban J connectivity index is -0.000000109. The fraction of sp³-hybridized carbons (Fsp3) is 0.625. The summed E-state index contributed by atoms with van der Waals surface area (Å²) in [6.45, 7) is 90.5. The second-order valence-corrected chi connectivity index (χ2v) is 25.6. The van der Waals surface area contributed by atoms with Gasteiger partial charge in [0, 0.05) is 93.7 Å². The van der Waals surface area contributed by atoms with E-state index in [0.717, 1.165) is 28.5 Å². The van der Waals surface area contributed by atoms with Crippen LogP contribution < -0.4 is 0 Å². The normalized spacial score (nSPS) is 8.88. The third-order valence-corrected chi connectivity index (χ3v) is 14.2. The smallest absolute Gasteiger partial charge is 0.153 e. The highest BCUT2D eigenvalue weighted by molar-refractivity contribution is 7.05. The monoisotopic (exact) mass is 1620 g/mol. The zero-order chi connectivity index (χ0) is 89.2. The van der Waals surface area contributed by atoms with Crippen molar-refractivity contribution >= 4 is 34.6 Å². The van der Waals surface area contributed by atoms with Gasteiger partial charge in [0.2, 0.25) is 0 Å². The average molecular weight is 1620 g/mol. The van der Waals surface area contributed by atoms with E-state index in [1.54, 1.807) is 67.4 Å². The van der Waals surface area contributed by atoms with Crippen LogP contribution in [-0.4, -0.2) is 89.5 Å². The fourth-order valence-electron chi connectivity index (χ4n) is 5.90. The number of nitrogens with zero attached hydrogens (tertiary/aromatic N) is 15. The number of aromatic nitrogens is 18. The molecule has 21 nitrogen and oxygen atoms in total. The quantitative estimate of drug-likeness (QED) is 0.108. The van der Waals surface area contributed by atoms with E-state index in [2.05, 4.69) is 255 Å². The maximum Gasteiger partial charge on any atom is 0.153 e. The first-order valence-electron chi connectivity index (χ1n) is 41.5. The minimum absolute atomic E-state index is 0.374. The Labute approximate surface area is 699 Å². The Morgan fingerprint density at radius 2 is 0.875 bits per heavy atom. The number of hydrogen-bond acceptors (Lipinski definition) is 21. The van der Waals surface area contributed by atoms with Crippen molar-refractivity contribution in [3.8, 4) is 0 Å². The second-order valence-electron chi connectivity index (χ2n) is 23.4. The molecule has 0 atom stereocenters. The summed E-state index contributed by atoms with van der Waals surface area (Å²) in [5, 5.41) is 49.7. The Kier molecular flexibility index (Phi) is 113. The molecule has 11 aromatic heterocycles. The minimum Gasteiger partial charge on any atom is -0.365 e. The molecule has 3 N–H and O–H groups in total. The Hall–Kier alpha value is -7.83. The van der Waals surface area contributed by atoms with Crippen LogP contribution in [0.4, 0.5) is 0 Å². The molecule has 11 heterocycles. The maximum absolute atomic E-state index is 4.84. The molecule has 0 amide bonds. The van der Waals surface area contributed by atoms with E-state index in [-0.39, 0.29) is 0 Å². The zero-order valence-corrected chi connectivity index (χ0v) is 81.7. The zero-order valence-electron chi connectivity index (χ0n) is 79.2. The molecule has 0 aliphatic heterocycles. The van der Waals surface area contributed by atoms with Crippen LogP contribution in [0.2, 0.25) is 0 Å². The molecule has 112 heavy (non-hydrogen) atoms. The summed E-state index contributed by atoms with van der Waals surface area (Å²) in [7, 11) is 0. The molecule has 0 radical (unpaired) electrons. The molecule has 646 valence electrons. The van der Waals surface area contributed by atoms with Crippen molar-refractivity contribution in [2.24, 2.45) is 0 Å². The lowest BCUT2D eigenvalue weighted by Gasteiger charge is -1.98. The largest absolute Gasteiger partial charge is 0.365 e. The van der Waals surface area contributed by atoms with Gasteiger partial charge < -0.3 is 13.6 Å². The lowest BCUT2D eigenvalue weighted by Crippen LogP contribution is -1.96. The van der Waals surface area contributed by atoms with Gasteiger partial charge in [-0.05, 0) is 123 Å². The number of rotatable bonds is 11. The highest BCUT2D eigenvalue weighted by atomic mass is 32.1. The fourth-order valence-corrected chi connectivity index (χ4v) is 7.83. The molecular weight excluding hydrogens is 1450 g/mol. The lowest BCUT2D eigenvalue weighted by molar-refractivity contribution is 0.371. The van der Waals surface area contributed by atoms with Crippen LogP contribution in [0.15, 0.2) is 148 Å². The van der Waals surface area contributed by atoms with Crippen LogP contribution >= 0.6 is 34.6 Å². The highest BCUT2D eigenvalue weighted by Gasteiger charge is 2.04. The third kappa shape index (κ3) is 78.8. The molecular formula is C88H168N18O3S3.